The number of benzene rings is 2. The molecule has 2 aromatic carbocycles. The van der Waals surface area contributed by atoms with Crippen LogP contribution in [0.15, 0.2) is 36.4 Å². The van der Waals surface area contributed by atoms with E-state index in [1.54, 1.807) is 12.1 Å². The molecule has 2 aromatic rings. The fourth-order valence-corrected chi connectivity index (χ4v) is 6.05. The fraction of sp³-hybridized carbons (Fsp3) is 0.400. The third-order valence-electron chi connectivity index (χ3n) is 4.98. The van der Waals surface area contributed by atoms with E-state index >= 15 is 0 Å². The first kappa shape index (κ1) is 17.7. The molecule has 0 amide bonds. The van der Waals surface area contributed by atoms with Crippen molar-refractivity contribution in [3.8, 4) is 11.5 Å². The van der Waals surface area contributed by atoms with E-state index in [9.17, 15) is 8.42 Å². The summed E-state index contributed by atoms with van der Waals surface area (Å²) in [4.78, 5) is 0. The quantitative estimate of drug-likeness (QED) is 0.772. The summed E-state index contributed by atoms with van der Waals surface area (Å²) in [6, 6.07) is 11.3. The predicted octanol–water partition coefficient (Wildman–Crippen LogP) is 4.49. The van der Waals surface area contributed by atoms with Crippen molar-refractivity contribution < 1.29 is 17.9 Å². The van der Waals surface area contributed by atoms with Crippen LogP contribution in [0.4, 0.5) is 0 Å². The number of fused-ring (bicyclic) bond motifs is 2. The van der Waals surface area contributed by atoms with Crippen molar-refractivity contribution in [2.45, 2.75) is 36.7 Å². The first-order chi connectivity index (χ1) is 12.5. The monoisotopic (exact) mass is 392 g/mol. The number of hydrogen-bond donors (Lipinski definition) is 0. The molecule has 1 aliphatic heterocycles. The highest BCUT2D eigenvalue weighted by Gasteiger charge is 2.32. The van der Waals surface area contributed by atoms with Crippen LogP contribution in [0, 0.1) is 0 Å². The molecule has 4 nitrogen and oxygen atoms in total. The molecule has 0 spiro atoms. The van der Waals surface area contributed by atoms with Crippen molar-refractivity contribution >= 4 is 21.4 Å². The van der Waals surface area contributed by atoms with Crippen molar-refractivity contribution in [3.63, 3.8) is 0 Å². The number of sulfone groups is 1. The van der Waals surface area contributed by atoms with Gasteiger partial charge in [0.25, 0.3) is 0 Å². The Labute approximate surface area is 159 Å². The van der Waals surface area contributed by atoms with Gasteiger partial charge in [-0.1, -0.05) is 35.9 Å². The fourth-order valence-electron chi connectivity index (χ4n) is 3.78. The Morgan fingerprint density at radius 3 is 2.77 bits per heavy atom. The summed E-state index contributed by atoms with van der Waals surface area (Å²) in [5, 5.41) is -0.0548. The van der Waals surface area contributed by atoms with Crippen LogP contribution in [0.2, 0.25) is 5.02 Å². The molecule has 1 atom stereocenters. The molecule has 0 bridgehead atoms. The number of aryl methyl sites for hydroxylation is 1. The Morgan fingerprint density at radius 1 is 1.08 bits per heavy atom. The van der Waals surface area contributed by atoms with Crippen LogP contribution in [-0.4, -0.2) is 21.6 Å². The minimum absolute atomic E-state index is 0.0532. The van der Waals surface area contributed by atoms with Gasteiger partial charge in [-0.3, -0.25) is 0 Å². The number of halogens is 1. The van der Waals surface area contributed by atoms with Gasteiger partial charge in [-0.05, 0) is 48.1 Å². The van der Waals surface area contributed by atoms with Gasteiger partial charge in [0.1, 0.15) is 0 Å². The summed E-state index contributed by atoms with van der Waals surface area (Å²) in [6.07, 6.45) is 3.27. The molecule has 6 heteroatoms. The second-order valence-corrected chi connectivity index (χ2v) is 9.43. The molecule has 0 aromatic heterocycles. The molecule has 4 rings (SSSR count). The van der Waals surface area contributed by atoms with Crippen molar-refractivity contribution in [3.05, 3.63) is 58.1 Å². The van der Waals surface area contributed by atoms with E-state index in [1.807, 2.05) is 24.3 Å². The molecular weight excluding hydrogens is 372 g/mol. The van der Waals surface area contributed by atoms with E-state index in [2.05, 4.69) is 0 Å². The molecule has 1 heterocycles. The summed E-state index contributed by atoms with van der Waals surface area (Å²) in [6.45, 7) is 1.08. The van der Waals surface area contributed by atoms with Gasteiger partial charge in [-0.15, -0.1) is 0 Å². The van der Waals surface area contributed by atoms with Gasteiger partial charge in [0, 0.05) is 6.42 Å². The van der Waals surface area contributed by atoms with Crippen LogP contribution >= 0.6 is 11.6 Å². The van der Waals surface area contributed by atoms with Crippen molar-refractivity contribution in [1.29, 1.82) is 0 Å². The molecule has 0 radical (unpaired) electrons. The average molecular weight is 393 g/mol. The van der Waals surface area contributed by atoms with Gasteiger partial charge < -0.3 is 9.47 Å². The van der Waals surface area contributed by atoms with E-state index < -0.39 is 15.1 Å². The predicted molar refractivity (Wildman–Crippen MR) is 102 cm³/mol. The van der Waals surface area contributed by atoms with E-state index in [4.69, 9.17) is 21.1 Å². The van der Waals surface area contributed by atoms with Gasteiger partial charge in [-0.2, -0.15) is 0 Å². The largest absolute Gasteiger partial charge is 0.489 e. The maximum Gasteiger partial charge on any atom is 0.179 e. The lowest BCUT2D eigenvalue weighted by atomic mass is 9.91. The third-order valence-corrected chi connectivity index (χ3v) is 7.35. The second kappa shape index (κ2) is 7.12. The first-order valence-electron chi connectivity index (χ1n) is 8.92. The van der Waals surface area contributed by atoms with E-state index in [1.165, 1.54) is 0 Å². The van der Waals surface area contributed by atoms with E-state index in [0.717, 1.165) is 30.4 Å². The zero-order valence-electron chi connectivity index (χ0n) is 14.4. The normalized spacial score (nSPS) is 19.5. The van der Waals surface area contributed by atoms with Gasteiger partial charge in [-0.25, -0.2) is 8.42 Å². The van der Waals surface area contributed by atoms with Gasteiger partial charge in [0.15, 0.2) is 21.3 Å². The highest BCUT2D eigenvalue weighted by atomic mass is 35.5. The second-order valence-electron chi connectivity index (χ2n) is 6.84. The third kappa shape index (κ3) is 3.42. The number of ether oxygens (including phenoxy) is 2. The Morgan fingerprint density at radius 2 is 1.88 bits per heavy atom. The maximum absolute atomic E-state index is 13.1. The Hall–Kier alpha value is -1.72. The van der Waals surface area contributed by atoms with Crippen molar-refractivity contribution in [1.82, 2.24) is 0 Å². The minimum Gasteiger partial charge on any atom is -0.489 e. The molecule has 1 aliphatic carbocycles. The van der Waals surface area contributed by atoms with Gasteiger partial charge >= 0.3 is 0 Å². The highest BCUT2D eigenvalue weighted by molar-refractivity contribution is 7.90. The summed E-state index contributed by atoms with van der Waals surface area (Å²) in [5.74, 6) is 0.986. The average Bonchev–Trinajstić information content (AvgIpc) is 2.86. The molecule has 0 unspecified atom stereocenters. The van der Waals surface area contributed by atoms with E-state index in [-0.39, 0.29) is 5.75 Å². The summed E-state index contributed by atoms with van der Waals surface area (Å²) < 4.78 is 37.6. The summed E-state index contributed by atoms with van der Waals surface area (Å²) in [5.41, 5.74) is 2.73. The molecule has 26 heavy (non-hydrogen) atoms. The summed E-state index contributed by atoms with van der Waals surface area (Å²) in [7, 11) is -3.36. The molecule has 2 aliphatic rings. The Balaban J connectivity index is 1.65. The zero-order chi connectivity index (χ0) is 18.1. The van der Waals surface area contributed by atoms with E-state index in [0.29, 0.717) is 41.7 Å². The summed E-state index contributed by atoms with van der Waals surface area (Å²) >= 11 is 6.32. The molecule has 0 N–H and O–H groups in total. The van der Waals surface area contributed by atoms with Crippen LogP contribution in [0.25, 0.3) is 0 Å². The van der Waals surface area contributed by atoms with Crippen LogP contribution in [0.3, 0.4) is 0 Å². The molecule has 138 valence electrons. The highest BCUT2D eigenvalue weighted by Crippen LogP contribution is 2.41. The van der Waals surface area contributed by atoms with Crippen LogP contribution in [0.5, 0.6) is 11.5 Å². The lowest BCUT2D eigenvalue weighted by Gasteiger charge is -2.25. The van der Waals surface area contributed by atoms with Gasteiger partial charge in [0.2, 0.25) is 0 Å². The van der Waals surface area contributed by atoms with Gasteiger partial charge in [0.05, 0.1) is 29.2 Å². The lowest BCUT2D eigenvalue weighted by Crippen LogP contribution is -2.20. The van der Waals surface area contributed by atoms with Crippen molar-refractivity contribution in [2.75, 3.05) is 13.2 Å². The minimum atomic E-state index is -3.36. The number of hydrogen-bond acceptors (Lipinski definition) is 4. The molecular formula is C20H21ClO4S. The molecule has 0 saturated heterocycles. The zero-order valence-corrected chi connectivity index (χ0v) is 16.0. The smallest absolute Gasteiger partial charge is 0.179 e. The Bertz CT molecular complexity index is 923. The van der Waals surface area contributed by atoms with Crippen LogP contribution < -0.4 is 9.47 Å². The SMILES string of the molecule is O=S(=O)(Cc1cc(Cl)c2c(c1)OCCCO2)[C@H]1CCCc2ccccc21. The molecule has 0 saturated carbocycles. The van der Waals surface area contributed by atoms with Crippen LogP contribution in [0.1, 0.15) is 41.2 Å². The Kier molecular flexibility index (Phi) is 4.84. The standard InChI is InChI=1S/C20H21ClO4S/c21-17-11-14(12-18-20(17)25-10-4-9-24-18)13-26(22,23)19-8-3-6-15-5-1-2-7-16(15)19/h1-2,5,7,11-12,19H,3-4,6,8-10,13H2/t19-/m0/s1. The van der Waals surface area contributed by atoms with Crippen molar-refractivity contribution in [2.24, 2.45) is 0 Å². The topological polar surface area (TPSA) is 52.6 Å². The first-order valence-corrected chi connectivity index (χ1v) is 11.0. The number of rotatable bonds is 3. The van der Waals surface area contributed by atoms with Crippen LogP contribution in [-0.2, 0) is 22.0 Å². The maximum atomic E-state index is 13.1. The molecule has 0 fully saturated rings. The lowest BCUT2D eigenvalue weighted by molar-refractivity contribution is 0.297.